The number of para-hydroxylation sites is 1. The molecule has 32 heavy (non-hydrogen) atoms. The van der Waals surface area contributed by atoms with Crippen LogP contribution in [-0.2, 0) is 11.8 Å². The van der Waals surface area contributed by atoms with Gasteiger partial charge in [0.1, 0.15) is 6.54 Å². The molecule has 3 heterocycles. The fourth-order valence-electron chi connectivity index (χ4n) is 5.31. The Balaban J connectivity index is 1.45. The van der Waals surface area contributed by atoms with Gasteiger partial charge < -0.3 is 19.7 Å². The van der Waals surface area contributed by atoms with Gasteiger partial charge in [-0.3, -0.25) is 9.59 Å². The third-order valence-electron chi connectivity index (χ3n) is 7.04. The van der Waals surface area contributed by atoms with E-state index in [1.807, 2.05) is 36.4 Å². The molecular weight excluding hydrogens is 400 g/mol. The van der Waals surface area contributed by atoms with Gasteiger partial charge in [0.25, 0.3) is 5.91 Å². The third kappa shape index (κ3) is 3.48. The summed E-state index contributed by atoms with van der Waals surface area (Å²) in [5.41, 5.74) is 5.01. The number of carbonyl (C=O) groups excluding carboxylic acids is 2. The summed E-state index contributed by atoms with van der Waals surface area (Å²) in [7, 11) is 2.05. The lowest BCUT2D eigenvalue weighted by Crippen LogP contribution is -2.42. The average molecular weight is 431 g/mol. The van der Waals surface area contributed by atoms with Gasteiger partial charge in [0.2, 0.25) is 5.91 Å². The molecule has 2 amide bonds. The molecule has 0 radical (unpaired) electrons. The fraction of sp³-hybridized carbons (Fsp3) is 0.385. The maximum atomic E-state index is 13.4. The Kier molecular flexibility index (Phi) is 5.47. The summed E-state index contributed by atoms with van der Waals surface area (Å²) < 4.78 is 2.17. The van der Waals surface area contributed by atoms with Crippen LogP contribution in [0.2, 0.25) is 0 Å². The molecule has 6 nitrogen and oxygen atoms in total. The van der Waals surface area contributed by atoms with Crippen LogP contribution in [0.3, 0.4) is 0 Å². The first-order chi connectivity index (χ1) is 15.6. The first-order valence-corrected chi connectivity index (χ1v) is 11.5. The standard InChI is InChI=1S/C26H30N4O2/c1-18-24(21-11-5-6-12-22(21)28(18)2)25-19-9-3-4-10-20(19)26(32)30(25)17-23(31)27-13-16-29-14-7-8-15-29/h3-6,9-12,25H,7-8,13-17H2,1-2H3,(H,27,31). The smallest absolute Gasteiger partial charge is 0.255 e. The van der Waals surface area contributed by atoms with Crippen molar-refractivity contribution < 1.29 is 9.59 Å². The molecule has 0 spiro atoms. The molecule has 1 aromatic heterocycles. The van der Waals surface area contributed by atoms with E-state index in [-0.39, 0.29) is 24.4 Å². The van der Waals surface area contributed by atoms with E-state index in [0.717, 1.165) is 47.4 Å². The highest BCUT2D eigenvalue weighted by molar-refractivity contribution is 6.02. The van der Waals surface area contributed by atoms with Crippen molar-refractivity contribution in [1.82, 2.24) is 19.7 Å². The lowest BCUT2D eigenvalue weighted by molar-refractivity contribution is -0.122. The predicted molar refractivity (Wildman–Crippen MR) is 126 cm³/mol. The second-order valence-electron chi connectivity index (χ2n) is 8.90. The molecule has 2 aromatic carbocycles. The van der Waals surface area contributed by atoms with E-state index in [1.54, 1.807) is 4.90 Å². The highest BCUT2D eigenvalue weighted by Crippen LogP contribution is 2.43. The maximum Gasteiger partial charge on any atom is 0.255 e. The number of likely N-dealkylation sites (tertiary alicyclic amines) is 1. The van der Waals surface area contributed by atoms with Crippen LogP contribution < -0.4 is 5.32 Å². The third-order valence-corrected chi connectivity index (χ3v) is 7.04. The number of amides is 2. The largest absolute Gasteiger partial charge is 0.353 e. The summed E-state index contributed by atoms with van der Waals surface area (Å²) in [5, 5.41) is 4.16. The van der Waals surface area contributed by atoms with Crippen molar-refractivity contribution in [2.24, 2.45) is 7.05 Å². The average Bonchev–Trinajstić information content (AvgIpc) is 3.48. The number of nitrogens with one attached hydrogen (secondary N) is 1. The van der Waals surface area contributed by atoms with E-state index in [9.17, 15) is 9.59 Å². The quantitative estimate of drug-likeness (QED) is 0.653. The molecule has 2 aliphatic heterocycles. The lowest BCUT2D eigenvalue weighted by Gasteiger charge is -2.26. The Hall–Kier alpha value is -3.12. The Morgan fingerprint density at radius 2 is 1.78 bits per heavy atom. The van der Waals surface area contributed by atoms with Crippen molar-refractivity contribution >= 4 is 22.7 Å². The molecule has 5 rings (SSSR count). The van der Waals surface area contributed by atoms with Crippen molar-refractivity contribution in [2.45, 2.75) is 25.8 Å². The molecule has 1 saturated heterocycles. The molecule has 1 N–H and O–H groups in total. The van der Waals surface area contributed by atoms with E-state index < -0.39 is 0 Å². The first kappa shape index (κ1) is 20.8. The van der Waals surface area contributed by atoms with Gasteiger partial charge in [-0.25, -0.2) is 0 Å². The topological polar surface area (TPSA) is 57.6 Å². The summed E-state index contributed by atoms with van der Waals surface area (Å²) in [5.74, 6) is -0.180. The van der Waals surface area contributed by atoms with Gasteiger partial charge in [-0.2, -0.15) is 0 Å². The van der Waals surface area contributed by atoms with Gasteiger partial charge in [-0.05, 0) is 50.6 Å². The van der Waals surface area contributed by atoms with Crippen molar-refractivity contribution in [3.05, 3.63) is 70.9 Å². The minimum absolute atomic E-state index is 0.0564. The van der Waals surface area contributed by atoms with E-state index in [4.69, 9.17) is 0 Å². The van der Waals surface area contributed by atoms with E-state index in [1.165, 1.54) is 12.8 Å². The molecule has 1 unspecified atom stereocenters. The molecule has 3 aromatic rings. The number of benzene rings is 2. The number of hydrogen-bond acceptors (Lipinski definition) is 3. The zero-order valence-corrected chi connectivity index (χ0v) is 18.8. The normalized spacial score (nSPS) is 18.5. The summed E-state index contributed by atoms with van der Waals surface area (Å²) >= 11 is 0. The molecule has 0 bridgehead atoms. The van der Waals surface area contributed by atoms with E-state index in [0.29, 0.717) is 12.1 Å². The number of aryl methyl sites for hydroxylation is 1. The summed E-state index contributed by atoms with van der Waals surface area (Å²) in [6.07, 6.45) is 2.47. The van der Waals surface area contributed by atoms with E-state index in [2.05, 4.69) is 40.9 Å². The number of nitrogens with zero attached hydrogens (tertiary/aromatic N) is 3. The van der Waals surface area contributed by atoms with Gasteiger partial charge in [0, 0.05) is 47.9 Å². The van der Waals surface area contributed by atoms with Crippen molar-refractivity contribution in [2.75, 3.05) is 32.7 Å². The molecule has 0 saturated carbocycles. The number of aromatic nitrogens is 1. The van der Waals surface area contributed by atoms with Crippen LogP contribution in [0.5, 0.6) is 0 Å². The zero-order valence-electron chi connectivity index (χ0n) is 18.8. The van der Waals surface area contributed by atoms with Gasteiger partial charge in [-0.1, -0.05) is 36.4 Å². The van der Waals surface area contributed by atoms with Gasteiger partial charge >= 0.3 is 0 Å². The molecular formula is C26H30N4O2. The van der Waals surface area contributed by atoms with E-state index >= 15 is 0 Å². The zero-order chi connectivity index (χ0) is 22.2. The Bertz CT molecular complexity index is 1180. The predicted octanol–water partition coefficient (Wildman–Crippen LogP) is 3.24. The molecule has 166 valence electrons. The van der Waals surface area contributed by atoms with Crippen LogP contribution in [0.4, 0.5) is 0 Å². The highest BCUT2D eigenvalue weighted by Gasteiger charge is 2.40. The van der Waals surface area contributed by atoms with Crippen LogP contribution in [0.15, 0.2) is 48.5 Å². The Labute approximate surface area is 188 Å². The van der Waals surface area contributed by atoms with Crippen molar-refractivity contribution in [3.8, 4) is 0 Å². The van der Waals surface area contributed by atoms with Crippen molar-refractivity contribution in [1.29, 1.82) is 0 Å². The maximum absolute atomic E-state index is 13.4. The summed E-state index contributed by atoms with van der Waals surface area (Å²) in [4.78, 5) is 30.4. The molecule has 1 fully saturated rings. The molecule has 6 heteroatoms. The van der Waals surface area contributed by atoms with Crippen molar-refractivity contribution in [3.63, 3.8) is 0 Å². The molecule has 2 aliphatic rings. The number of carbonyl (C=O) groups is 2. The Morgan fingerprint density at radius 1 is 1.06 bits per heavy atom. The first-order valence-electron chi connectivity index (χ1n) is 11.5. The van der Waals surface area contributed by atoms with Crippen LogP contribution in [0, 0.1) is 6.92 Å². The molecule has 0 aliphatic carbocycles. The minimum Gasteiger partial charge on any atom is -0.353 e. The summed E-state index contributed by atoms with van der Waals surface area (Å²) in [6, 6.07) is 15.8. The second kappa shape index (κ2) is 8.43. The summed E-state index contributed by atoms with van der Waals surface area (Å²) in [6.45, 7) is 5.85. The minimum atomic E-state index is -0.269. The Morgan fingerprint density at radius 3 is 2.59 bits per heavy atom. The van der Waals surface area contributed by atoms with Crippen LogP contribution in [0.25, 0.3) is 10.9 Å². The monoisotopic (exact) mass is 430 g/mol. The number of rotatable bonds is 6. The molecule has 1 atom stereocenters. The second-order valence-corrected chi connectivity index (χ2v) is 8.90. The van der Waals surface area contributed by atoms with Crippen LogP contribution >= 0.6 is 0 Å². The van der Waals surface area contributed by atoms with Crippen LogP contribution in [0.1, 0.15) is 46.1 Å². The fourth-order valence-corrected chi connectivity index (χ4v) is 5.31. The van der Waals surface area contributed by atoms with Gasteiger partial charge in [0.15, 0.2) is 0 Å². The lowest BCUT2D eigenvalue weighted by atomic mass is 9.95. The highest BCUT2D eigenvalue weighted by atomic mass is 16.2. The SMILES string of the molecule is Cc1c(C2c3ccccc3C(=O)N2CC(=O)NCCN2CCCC2)c2ccccc2n1C. The number of fused-ring (bicyclic) bond motifs is 2. The number of hydrogen-bond donors (Lipinski definition) is 1. The van der Waals surface area contributed by atoms with Crippen LogP contribution in [-0.4, -0.2) is 58.9 Å². The van der Waals surface area contributed by atoms with Gasteiger partial charge in [-0.15, -0.1) is 0 Å². The van der Waals surface area contributed by atoms with Gasteiger partial charge in [0.05, 0.1) is 6.04 Å².